The molecule has 3 aromatic carbocycles. The van der Waals surface area contributed by atoms with E-state index in [0.29, 0.717) is 70.4 Å². The molecule has 1 aliphatic heterocycles. The van der Waals surface area contributed by atoms with Gasteiger partial charge in [0.05, 0.1) is 22.8 Å². The number of amides is 1. The van der Waals surface area contributed by atoms with Crippen molar-refractivity contribution in [2.75, 3.05) is 32.7 Å². The van der Waals surface area contributed by atoms with Crippen LogP contribution < -0.4 is 0 Å². The van der Waals surface area contributed by atoms with Gasteiger partial charge in [-0.3, -0.25) is 9.69 Å². The molecule has 2 heterocycles. The van der Waals surface area contributed by atoms with E-state index in [1.165, 1.54) is 18.2 Å². The third-order valence-electron chi connectivity index (χ3n) is 7.09. The Kier molecular flexibility index (Phi) is 9.26. The first kappa shape index (κ1) is 29.5. The van der Waals surface area contributed by atoms with Gasteiger partial charge in [0, 0.05) is 48.9 Å². The van der Waals surface area contributed by atoms with Crippen molar-refractivity contribution in [2.45, 2.75) is 19.6 Å². The number of piperazine rings is 1. The zero-order chi connectivity index (χ0) is 29.1. The molecule has 0 saturated carbocycles. The van der Waals surface area contributed by atoms with Gasteiger partial charge in [-0.05, 0) is 48.9 Å². The number of ether oxygens (including phenoxy) is 1. The molecule has 214 valence electrons. The summed E-state index contributed by atoms with van der Waals surface area (Å²) in [6.45, 7) is 3.89. The SMILES string of the molecule is Cc1onc(-c2c(Cl)cccc2Cl)c1C(=O)N1CCN(CC(OCc2c(F)cccc2F)c2ccc(Cl)cc2)CC1. The van der Waals surface area contributed by atoms with Crippen molar-refractivity contribution in [3.05, 3.63) is 110 Å². The van der Waals surface area contributed by atoms with Gasteiger partial charge in [-0.15, -0.1) is 0 Å². The van der Waals surface area contributed by atoms with Gasteiger partial charge in [0.25, 0.3) is 5.91 Å². The number of carbonyl (C=O) groups is 1. The molecule has 0 N–H and O–H groups in total. The summed E-state index contributed by atoms with van der Waals surface area (Å²) in [6.07, 6.45) is -0.484. The Morgan fingerprint density at radius 2 is 1.56 bits per heavy atom. The highest BCUT2D eigenvalue weighted by Crippen LogP contribution is 2.37. The Bertz CT molecular complexity index is 1500. The number of aryl methyl sites for hydroxylation is 1. The minimum Gasteiger partial charge on any atom is -0.367 e. The van der Waals surface area contributed by atoms with E-state index in [1.54, 1.807) is 42.2 Å². The highest BCUT2D eigenvalue weighted by molar-refractivity contribution is 6.39. The molecule has 5 rings (SSSR count). The molecule has 0 bridgehead atoms. The molecule has 1 aliphatic rings. The van der Waals surface area contributed by atoms with Crippen LogP contribution in [0.1, 0.15) is 33.3 Å². The summed E-state index contributed by atoms with van der Waals surface area (Å²) in [5.74, 6) is -1.17. The molecule has 1 fully saturated rings. The maximum Gasteiger partial charge on any atom is 0.259 e. The lowest BCUT2D eigenvalue weighted by atomic mass is 10.0. The second kappa shape index (κ2) is 12.9. The van der Waals surface area contributed by atoms with Crippen molar-refractivity contribution in [1.29, 1.82) is 0 Å². The predicted molar refractivity (Wildman–Crippen MR) is 154 cm³/mol. The quantitative estimate of drug-likeness (QED) is 0.203. The molecule has 0 aliphatic carbocycles. The maximum atomic E-state index is 14.2. The molecule has 1 saturated heterocycles. The van der Waals surface area contributed by atoms with Crippen molar-refractivity contribution >= 4 is 40.7 Å². The standard InChI is InChI=1S/C30H26Cl3F2N3O3/c1-18-27(29(36-41-18)28-22(32)4-2-5-23(28)33)30(39)38-14-12-37(13-15-38)16-26(19-8-10-20(31)11-9-19)40-17-21-24(34)6-3-7-25(21)35/h2-11,26H,12-17H2,1H3. The molecule has 1 unspecified atom stereocenters. The minimum absolute atomic E-state index is 0.125. The van der Waals surface area contributed by atoms with Crippen LogP contribution in [0.2, 0.25) is 15.1 Å². The molecule has 1 amide bonds. The summed E-state index contributed by atoms with van der Waals surface area (Å²) in [4.78, 5) is 17.5. The number of rotatable bonds is 8. The van der Waals surface area contributed by atoms with Crippen molar-refractivity contribution in [3.8, 4) is 11.3 Å². The Morgan fingerprint density at radius 3 is 2.20 bits per heavy atom. The van der Waals surface area contributed by atoms with Gasteiger partial charge < -0.3 is 14.2 Å². The van der Waals surface area contributed by atoms with E-state index < -0.39 is 17.7 Å². The molecule has 4 aromatic rings. The first-order valence-electron chi connectivity index (χ1n) is 12.9. The lowest BCUT2D eigenvalue weighted by Crippen LogP contribution is -2.49. The average Bonchev–Trinajstić information content (AvgIpc) is 3.33. The largest absolute Gasteiger partial charge is 0.367 e. The lowest BCUT2D eigenvalue weighted by Gasteiger charge is -2.36. The lowest BCUT2D eigenvalue weighted by molar-refractivity contribution is 0.00144. The van der Waals surface area contributed by atoms with Crippen LogP contribution in [0.15, 0.2) is 65.2 Å². The first-order chi connectivity index (χ1) is 19.7. The number of benzene rings is 3. The number of hydrogen-bond acceptors (Lipinski definition) is 5. The van der Waals surface area contributed by atoms with E-state index in [0.717, 1.165) is 5.56 Å². The predicted octanol–water partition coefficient (Wildman–Crippen LogP) is 7.60. The fraction of sp³-hybridized carbons (Fsp3) is 0.267. The summed E-state index contributed by atoms with van der Waals surface area (Å²) in [5.41, 5.74) is 1.78. The zero-order valence-corrected chi connectivity index (χ0v) is 24.3. The van der Waals surface area contributed by atoms with Crippen molar-refractivity contribution < 1.29 is 22.8 Å². The summed E-state index contributed by atoms with van der Waals surface area (Å²) in [7, 11) is 0. The van der Waals surface area contributed by atoms with Crippen LogP contribution in [-0.2, 0) is 11.3 Å². The fourth-order valence-corrected chi connectivity index (χ4v) is 5.53. The maximum absolute atomic E-state index is 14.2. The molecule has 0 radical (unpaired) electrons. The van der Waals surface area contributed by atoms with E-state index in [1.807, 2.05) is 12.1 Å². The normalized spacial score (nSPS) is 14.8. The van der Waals surface area contributed by atoms with Gasteiger partial charge in [-0.25, -0.2) is 8.78 Å². The van der Waals surface area contributed by atoms with E-state index >= 15 is 0 Å². The van der Waals surface area contributed by atoms with Crippen molar-refractivity contribution in [3.63, 3.8) is 0 Å². The minimum atomic E-state index is -0.659. The van der Waals surface area contributed by atoms with Gasteiger partial charge >= 0.3 is 0 Å². The van der Waals surface area contributed by atoms with Crippen LogP contribution in [0.4, 0.5) is 8.78 Å². The summed E-state index contributed by atoms with van der Waals surface area (Å²) >= 11 is 18.8. The smallest absolute Gasteiger partial charge is 0.259 e. The average molecular weight is 621 g/mol. The van der Waals surface area contributed by atoms with E-state index in [9.17, 15) is 13.6 Å². The van der Waals surface area contributed by atoms with E-state index in [4.69, 9.17) is 44.1 Å². The Labute approximate surface area is 251 Å². The number of hydrogen-bond donors (Lipinski definition) is 0. The van der Waals surface area contributed by atoms with E-state index in [-0.39, 0.29) is 18.1 Å². The van der Waals surface area contributed by atoms with Gasteiger partial charge in [-0.2, -0.15) is 0 Å². The second-order valence-corrected chi connectivity index (χ2v) is 11.0. The number of nitrogens with zero attached hydrogens (tertiary/aromatic N) is 3. The highest BCUT2D eigenvalue weighted by Gasteiger charge is 2.31. The molecule has 0 spiro atoms. The van der Waals surface area contributed by atoms with Crippen LogP contribution in [0.25, 0.3) is 11.3 Å². The molecule has 6 nitrogen and oxygen atoms in total. The number of carbonyl (C=O) groups excluding carboxylic acids is 1. The molecular formula is C30H26Cl3F2N3O3. The molecule has 11 heteroatoms. The summed E-state index contributed by atoms with van der Waals surface area (Å²) in [6, 6.07) is 16.0. The van der Waals surface area contributed by atoms with Crippen LogP contribution in [-0.4, -0.2) is 53.6 Å². The third-order valence-corrected chi connectivity index (χ3v) is 7.97. The summed E-state index contributed by atoms with van der Waals surface area (Å²) in [5, 5.41) is 5.40. The monoisotopic (exact) mass is 619 g/mol. The second-order valence-electron chi connectivity index (χ2n) is 9.70. The summed E-state index contributed by atoms with van der Waals surface area (Å²) < 4.78 is 39.9. The number of aromatic nitrogens is 1. The molecule has 41 heavy (non-hydrogen) atoms. The Morgan fingerprint density at radius 1 is 0.951 bits per heavy atom. The topological polar surface area (TPSA) is 58.8 Å². The van der Waals surface area contributed by atoms with Crippen LogP contribution in [0, 0.1) is 18.6 Å². The molecule has 1 aromatic heterocycles. The third kappa shape index (κ3) is 6.58. The first-order valence-corrected chi connectivity index (χ1v) is 14.1. The fourth-order valence-electron chi connectivity index (χ4n) is 4.83. The van der Waals surface area contributed by atoms with Gasteiger partial charge in [0.1, 0.15) is 28.7 Å². The zero-order valence-electron chi connectivity index (χ0n) is 22.0. The van der Waals surface area contributed by atoms with Crippen molar-refractivity contribution in [1.82, 2.24) is 15.0 Å². The van der Waals surface area contributed by atoms with Crippen LogP contribution in [0.3, 0.4) is 0 Å². The Balaban J connectivity index is 1.28. The van der Waals surface area contributed by atoms with Crippen LogP contribution >= 0.6 is 34.8 Å². The van der Waals surface area contributed by atoms with Crippen molar-refractivity contribution in [2.24, 2.45) is 0 Å². The molecular weight excluding hydrogens is 595 g/mol. The van der Waals surface area contributed by atoms with E-state index in [2.05, 4.69) is 10.1 Å². The molecule has 1 atom stereocenters. The Hall–Kier alpha value is -3.01. The van der Waals surface area contributed by atoms with Gasteiger partial charge in [0.15, 0.2) is 0 Å². The van der Waals surface area contributed by atoms with Gasteiger partial charge in [0.2, 0.25) is 0 Å². The van der Waals surface area contributed by atoms with Gasteiger partial charge in [-0.1, -0.05) is 64.2 Å². The highest BCUT2D eigenvalue weighted by atomic mass is 35.5. The van der Waals surface area contributed by atoms with Crippen LogP contribution in [0.5, 0.6) is 0 Å². The number of halogens is 5.